The molecule has 0 radical (unpaired) electrons. The van der Waals surface area contributed by atoms with Crippen LogP contribution in [0.2, 0.25) is 0 Å². The Morgan fingerprint density at radius 1 is 1.04 bits per heavy atom. The summed E-state index contributed by atoms with van der Waals surface area (Å²) >= 11 is 0. The van der Waals surface area contributed by atoms with E-state index < -0.39 is 0 Å². The van der Waals surface area contributed by atoms with Gasteiger partial charge in [0, 0.05) is 48.3 Å². The van der Waals surface area contributed by atoms with Gasteiger partial charge >= 0.3 is 0 Å². The molecule has 2 atom stereocenters. The van der Waals surface area contributed by atoms with Crippen LogP contribution in [0, 0.1) is 33.6 Å². The number of aryl methyl sites for hydroxylation is 4. The molecule has 6 nitrogen and oxygen atoms in total. The number of nitrogens with one attached hydrogen (secondary N) is 1. The van der Waals surface area contributed by atoms with Gasteiger partial charge in [-0.15, -0.1) is 0 Å². The molecule has 0 aliphatic carbocycles. The molecule has 0 saturated heterocycles. The molecule has 25 heavy (non-hydrogen) atoms. The van der Waals surface area contributed by atoms with Crippen molar-refractivity contribution in [1.29, 1.82) is 0 Å². The Hall–Kier alpha value is -2.21. The summed E-state index contributed by atoms with van der Waals surface area (Å²) in [5, 5.41) is 12.7. The molecule has 3 heterocycles. The largest absolute Gasteiger partial charge is 0.310 e. The smallest absolute Gasteiger partial charge is 0.155 e. The van der Waals surface area contributed by atoms with Crippen molar-refractivity contribution in [1.82, 2.24) is 29.7 Å². The highest BCUT2D eigenvalue weighted by Crippen LogP contribution is 2.18. The first kappa shape index (κ1) is 17.6. The lowest BCUT2D eigenvalue weighted by molar-refractivity contribution is 0.397. The highest BCUT2D eigenvalue weighted by Gasteiger charge is 2.14. The maximum Gasteiger partial charge on any atom is 0.155 e. The number of rotatable bonds is 6. The molecule has 0 amide bonds. The van der Waals surface area contributed by atoms with Gasteiger partial charge in [-0.3, -0.25) is 4.68 Å². The summed E-state index contributed by atoms with van der Waals surface area (Å²) < 4.78 is 4.03. The van der Waals surface area contributed by atoms with E-state index in [-0.39, 0.29) is 6.04 Å². The molecular formula is C19H28N6. The minimum Gasteiger partial charge on any atom is -0.310 e. The van der Waals surface area contributed by atoms with Crippen LogP contribution in [0.25, 0.3) is 5.65 Å². The molecule has 0 bridgehead atoms. The first-order valence-corrected chi connectivity index (χ1v) is 8.91. The molecule has 1 N–H and O–H groups in total. The quantitative estimate of drug-likeness (QED) is 0.749. The molecule has 3 rings (SSSR count). The summed E-state index contributed by atoms with van der Waals surface area (Å²) in [6.45, 7) is 14.5. The van der Waals surface area contributed by atoms with Crippen LogP contribution in [0.4, 0.5) is 0 Å². The summed E-state index contributed by atoms with van der Waals surface area (Å²) in [4.78, 5) is 4.54. The molecule has 0 aliphatic rings. The van der Waals surface area contributed by atoms with Crippen LogP contribution in [0.3, 0.4) is 0 Å². The van der Waals surface area contributed by atoms with E-state index in [2.05, 4.69) is 58.9 Å². The summed E-state index contributed by atoms with van der Waals surface area (Å²) in [6, 6.07) is 4.36. The van der Waals surface area contributed by atoms with Crippen molar-refractivity contribution < 1.29 is 0 Å². The lowest BCUT2D eigenvalue weighted by Gasteiger charge is -2.20. The van der Waals surface area contributed by atoms with Crippen LogP contribution in [0.15, 0.2) is 18.3 Å². The van der Waals surface area contributed by atoms with Crippen molar-refractivity contribution in [3.05, 3.63) is 46.7 Å². The van der Waals surface area contributed by atoms with E-state index in [1.165, 1.54) is 11.3 Å². The average Bonchev–Trinajstić information content (AvgIpc) is 3.07. The molecule has 3 aromatic heterocycles. The number of nitrogens with zero attached hydrogens (tertiary/aromatic N) is 5. The lowest BCUT2D eigenvalue weighted by Crippen LogP contribution is -2.28. The molecule has 0 spiro atoms. The van der Waals surface area contributed by atoms with E-state index >= 15 is 0 Å². The highest BCUT2D eigenvalue weighted by atomic mass is 15.3. The summed E-state index contributed by atoms with van der Waals surface area (Å²) in [5.74, 6) is 0.490. The third kappa shape index (κ3) is 3.74. The predicted octanol–water partition coefficient (Wildman–Crippen LogP) is 3.15. The fourth-order valence-electron chi connectivity index (χ4n) is 3.31. The maximum absolute atomic E-state index is 4.55. The molecule has 0 aliphatic heterocycles. The van der Waals surface area contributed by atoms with Gasteiger partial charge in [0.2, 0.25) is 0 Å². The van der Waals surface area contributed by atoms with Crippen LogP contribution >= 0.6 is 0 Å². The average molecular weight is 340 g/mol. The zero-order chi connectivity index (χ0) is 18.1. The SMILES string of the molecule is Cc1cc(C)n(C[C@@H](C)CN[C@@H](C)c2cnc3cc(C)nn3c2C)n1. The Bertz CT molecular complexity index is 876. The predicted molar refractivity (Wildman–Crippen MR) is 99.7 cm³/mol. The normalized spacial score (nSPS) is 14.2. The molecule has 6 heteroatoms. The Kier molecular flexibility index (Phi) is 4.90. The second-order valence-electron chi connectivity index (χ2n) is 7.20. The lowest BCUT2D eigenvalue weighted by atomic mass is 10.1. The van der Waals surface area contributed by atoms with E-state index in [0.29, 0.717) is 5.92 Å². The van der Waals surface area contributed by atoms with Gasteiger partial charge in [-0.25, -0.2) is 9.50 Å². The number of hydrogen-bond donors (Lipinski definition) is 1. The summed E-state index contributed by atoms with van der Waals surface area (Å²) in [5.41, 5.74) is 6.53. The molecular weight excluding hydrogens is 312 g/mol. The van der Waals surface area contributed by atoms with Crippen molar-refractivity contribution in [2.45, 2.75) is 54.1 Å². The minimum absolute atomic E-state index is 0.226. The van der Waals surface area contributed by atoms with Crippen LogP contribution < -0.4 is 5.32 Å². The highest BCUT2D eigenvalue weighted by molar-refractivity contribution is 5.42. The van der Waals surface area contributed by atoms with Gasteiger partial charge in [0.05, 0.1) is 11.4 Å². The third-order valence-corrected chi connectivity index (χ3v) is 4.71. The Morgan fingerprint density at radius 2 is 1.76 bits per heavy atom. The molecule has 0 aromatic carbocycles. The summed E-state index contributed by atoms with van der Waals surface area (Å²) in [7, 11) is 0. The fraction of sp³-hybridized carbons (Fsp3) is 0.526. The van der Waals surface area contributed by atoms with Crippen molar-refractivity contribution in [3.63, 3.8) is 0 Å². The van der Waals surface area contributed by atoms with Gasteiger partial charge in [-0.1, -0.05) is 6.92 Å². The zero-order valence-corrected chi connectivity index (χ0v) is 16.0. The zero-order valence-electron chi connectivity index (χ0n) is 16.0. The Morgan fingerprint density at radius 3 is 2.44 bits per heavy atom. The van der Waals surface area contributed by atoms with Gasteiger partial charge in [0.1, 0.15) is 0 Å². The molecule has 3 aromatic rings. The summed E-state index contributed by atoms with van der Waals surface area (Å²) in [6.07, 6.45) is 1.97. The van der Waals surface area contributed by atoms with Crippen LogP contribution in [0.5, 0.6) is 0 Å². The van der Waals surface area contributed by atoms with E-state index in [9.17, 15) is 0 Å². The Labute approximate surface area is 149 Å². The van der Waals surface area contributed by atoms with Gasteiger partial charge in [0.25, 0.3) is 0 Å². The molecule has 0 fully saturated rings. The second kappa shape index (κ2) is 6.96. The van der Waals surface area contributed by atoms with Crippen LogP contribution in [-0.4, -0.2) is 30.9 Å². The topological polar surface area (TPSA) is 60.0 Å². The Balaban J connectivity index is 1.65. The number of fused-ring (bicyclic) bond motifs is 1. The molecule has 0 saturated carbocycles. The van der Waals surface area contributed by atoms with Crippen molar-refractivity contribution in [2.75, 3.05) is 6.54 Å². The monoisotopic (exact) mass is 340 g/mol. The first-order valence-electron chi connectivity index (χ1n) is 8.91. The standard InChI is InChI=1S/C19H28N6/c1-12(11-24-15(4)7-13(2)22-24)9-20-16(5)18-10-21-19-8-14(3)23-25(19)17(18)6/h7-8,10,12,16,20H,9,11H2,1-6H3/t12-,16-/m0/s1. The third-order valence-electron chi connectivity index (χ3n) is 4.71. The van der Waals surface area contributed by atoms with Gasteiger partial charge < -0.3 is 5.32 Å². The number of hydrogen-bond acceptors (Lipinski definition) is 4. The first-order chi connectivity index (χ1) is 11.8. The fourth-order valence-corrected chi connectivity index (χ4v) is 3.31. The second-order valence-corrected chi connectivity index (χ2v) is 7.20. The minimum atomic E-state index is 0.226. The van der Waals surface area contributed by atoms with Crippen molar-refractivity contribution in [2.24, 2.45) is 5.92 Å². The van der Waals surface area contributed by atoms with Crippen molar-refractivity contribution in [3.8, 4) is 0 Å². The van der Waals surface area contributed by atoms with E-state index in [0.717, 1.165) is 35.8 Å². The van der Waals surface area contributed by atoms with Gasteiger partial charge in [-0.05, 0) is 46.6 Å². The van der Waals surface area contributed by atoms with E-state index in [1.807, 2.05) is 30.6 Å². The van der Waals surface area contributed by atoms with Crippen molar-refractivity contribution >= 4 is 5.65 Å². The molecule has 0 unspecified atom stereocenters. The van der Waals surface area contributed by atoms with Gasteiger partial charge in [0.15, 0.2) is 5.65 Å². The van der Waals surface area contributed by atoms with Gasteiger partial charge in [-0.2, -0.15) is 10.2 Å². The molecule has 134 valence electrons. The maximum atomic E-state index is 4.55. The van der Waals surface area contributed by atoms with E-state index in [4.69, 9.17) is 0 Å². The number of aromatic nitrogens is 5. The van der Waals surface area contributed by atoms with Crippen LogP contribution in [0.1, 0.15) is 48.2 Å². The van der Waals surface area contributed by atoms with Crippen LogP contribution in [-0.2, 0) is 6.54 Å². The van der Waals surface area contributed by atoms with E-state index in [1.54, 1.807) is 0 Å².